The Balaban J connectivity index is 3.36. The Morgan fingerprint density at radius 3 is 2.67 bits per heavy atom. The highest BCUT2D eigenvalue weighted by Crippen LogP contribution is 2.23. The summed E-state index contributed by atoms with van der Waals surface area (Å²) in [5, 5.41) is 19.7. The van der Waals surface area contributed by atoms with E-state index in [-0.39, 0.29) is 17.7 Å². The van der Waals surface area contributed by atoms with Crippen molar-refractivity contribution < 1.29 is 14.5 Å². The maximum absolute atomic E-state index is 11.3. The maximum atomic E-state index is 11.3. The van der Waals surface area contributed by atoms with Crippen molar-refractivity contribution in [1.29, 1.82) is 5.26 Å². The average molecular weight is 248 g/mol. The molecule has 6 heteroatoms. The quantitative estimate of drug-likeness (QED) is 0.459. The summed E-state index contributed by atoms with van der Waals surface area (Å²) in [6, 6.07) is 4.45. The molecule has 0 aliphatic rings. The summed E-state index contributed by atoms with van der Waals surface area (Å²) in [4.78, 5) is 21.4. The van der Waals surface area contributed by atoms with Crippen LogP contribution in [0.15, 0.2) is 12.1 Å². The van der Waals surface area contributed by atoms with Gasteiger partial charge < -0.3 is 4.74 Å². The highest BCUT2D eigenvalue weighted by molar-refractivity contribution is 5.74. The van der Waals surface area contributed by atoms with Gasteiger partial charge in [-0.3, -0.25) is 14.9 Å². The van der Waals surface area contributed by atoms with Crippen molar-refractivity contribution >= 4 is 11.7 Å². The summed E-state index contributed by atoms with van der Waals surface area (Å²) in [5.41, 5.74) is 1.15. The Morgan fingerprint density at radius 1 is 1.56 bits per heavy atom. The van der Waals surface area contributed by atoms with E-state index in [1.807, 2.05) is 13.0 Å². The van der Waals surface area contributed by atoms with Gasteiger partial charge in [-0.05, 0) is 17.5 Å². The fraction of sp³-hybridized carbons (Fsp3) is 0.333. The Morgan fingerprint density at radius 2 is 2.22 bits per heavy atom. The number of benzene rings is 1. The number of carbonyl (C=O) groups is 1. The van der Waals surface area contributed by atoms with E-state index in [1.165, 1.54) is 19.2 Å². The smallest absolute Gasteiger partial charge is 0.309 e. The molecule has 0 aliphatic carbocycles. The highest BCUT2D eigenvalue weighted by Gasteiger charge is 2.17. The van der Waals surface area contributed by atoms with Crippen LogP contribution >= 0.6 is 0 Å². The molecule has 0 saturated heterocycles. The molecular weight excluding hydrogens is 236 g/mol. The van der Waals surface area contributed by atoms with Gasteiger partial charge in [-0.25, -0.2) is 0 Å². The molecular formula is C12H12N2O4. The molecule has 6 nitrogen and oxygen atoms in total. The Kier molecular flexibility index (Phi) is 4.38. The minimum absolute atomic E-state index is 0.0734. The topological polar surface area (TPSA) is 93.2 Å². The molecule has 0 bridgehead atoms. The number of non-ortho nitro benzene ring substituents is 1. The van der Waals surface area contributed by atoms with Gasteiger partial charge in [-0.2, -0.15) is 5.26 Å². The Bertz CT molecular complexity index is 532. The number of hydrogen-bond donors (Lipinski definition) is 0. The van der Waals surface area contributed by atoms with Crippen molar-refractivity contribution in [1.82, 2.24) is 0 Å². The first-order valence-electron chi connectivity index (χ1n) is 5.30. The number of hydrogen-bond acceptors (Lipinski definition) is 5. The first-order chi connectivity index (χ1) is 8.53. The summed E-state index contributed by atoms with van der Waals surface area (Å²) in [6.07, 6.45) is 0.448. The van der Waals surface area contributed by atoms with E-state index >= 15 is 0 Å². The maximum Gasteiger partial charge on any atom is 0.309 e. The van der Waals surface area contributed by atoms with Crippen molar-refractivity contribution in [3.63, 3.8) is 0 Å². The lowest BCUT2D eigenvalue weighted by Crippen LogP contribution is -2.08. The van der Waals surface area contributed by atoms with Crippen molar-refractivity contribution in [3.05, 3.63) is 38.9 Å². The fourth-order valence-corrected chi connectivity index (χ4v) is 1.72. The predicted octanol–water partition coefficient (Wildman–Crippen LogP) is 1.74. The third kappa shape index (κ3) is 2.83. The molecule has 0 N–H and O–H groups in total. The first-order valence-corrected chi connectivity index (χ1v) is 5.30. The van der Waals surface area contributed by atoms with Crippen LogP contribution in [-0.2, 0) is 22.4 Å². The zero-order chi connectivity index (χ0) is 13.7. The highest BCUT2D eigenvalue weighted by atomic mass is 16.6. The van der Waals surface area contributed by atoms with Gasteiger partial charge in [0.15, 0.2) is 0 Å². The molecule has 94 valence electrons. The second-order valence-corrected chi connectivity index (χ2v) is 3.61. The van der Waals surface area contributed by atoms with E-state index < -0.39 is 10.9 Å². The van der Waals surface area contributed by atoms with E-state index in [0.717, 1.165) is 0 Å². The largest absolute Gasteiger partial charge is 0.469 e. The van der Waals surface area contributed by atoms with Crippen molar-refractivity contribution in [2.24, 2.45) is 0 Å². The molecule has 0 radical (unpaired) electrons. The third-order valence-corrected chi connectivity index (χ3v) is 2.57. The molecule has 0 heterocycles. The van der Waals surface area contributed by atoms with E-state index in [1.54, 1.807) is 0 Å². The molecule has 1 aromatic rings. The molecule has 0 aromatic heterocycles. The second kappa shape index (κ2) is 5.77. The monoisotopic (exact) mass is 248 g/mol. The zero-order valence-electron chi connectivity index (χ0n) is 10.1. The van der Waals surface area contributed by atoms with Crippen molar-refractivity contribution in [2.45, 2.75) is 19.8 Å². The summed E-state index contributed by atoms with van der Waals surface area (Å²) in [5.74, 6) is -0.492. The van der Waals surface area contributed by atoms with E-state index in [0.29, 0.717) is 17.5 Å². The Hall–Kier alpha value is -2.42. The summed E-state index contributed by atoms with van der Waals surface area (Å²) < 4.78 is 4.54. The first kappa shape index (κ1) is 13.6. The van der Waals surface area contributed by atoms with Gasteiger partial charge in [0.1, 0.15) is 0 Å². The van der Waals surface area contributed by atoms with Gasteiger partial charge in [0.05, 0.1) is 30.1 Å². The molecule has 1 aromatic carbocycles. The van der Waals surface area contributed by atoms with Gasteiger partial charge in [0.2, 0.25) is 0 Å². The third-order valence-electron chi connectivity index (χ3n) is 2.57. The van der Waals surface area contributed by atoms with Gasteiger partial charge in [0.25, 0.3) is 5.69 Å². The minimum atomic E-state index is -0.582. The van der Waals surface area contributed by atoms with E-state index in [4.69, 9.17) is 5.26 Å². The average Bonchev–Trinajstić information content (AvgIpc) is 2.37. The standard InChI is InChI=1S/C12H12N2O4/c1-3-11-8(6-12(15)18-2)4-10(14(16)17)5-9(11)7-13/h4-5H,3,6H2,1-2H3. The minimum Gasteiger partial charge on any atom is -0.469 e. The number of ether oxygens (including phenoxy) is 1. The van der Waals surface area contributed by atoms with Crippen molar-refractivity contribution in [2.75, 3.05) is 7.11 Å². The molecule has 0 atom stereocenters. The normalized spacial score (nSPS) is 9.61. The van der Waals surface area contributed by atoms with Crippen LogP contribution in [0.1, 0.15) is 23.6 Å². The summed E-state index contributed by atoms with van der Waals surface area (Å²) >= 11 is 0. The van der Waals surface area contributed by atoms with Gasteiger partial charge >= 0.3 is 5.97 Å². The van der Waals surface area contributed by atoms with Crippen LogP contribution in [0.2, 0.25) is 0 Å². The SMILES string of the molecule is CCc1c(C#N)cc([N+](=O)[O-])cc1CC(=O)OC. The number of methoxy groups -OCH3 is 1. The molecule has 0 unspecified atom stereocenters. The second-order valence-electron chi connectivity index (χ2n) is 3.61. The van der Waals surface area contributed by atoms with Gasteiger partial charge in [0, 0.05) is 12.1 Å². The molecule has 0 amide bonds. The van der Waals surface area contributed by atoms with E-state index in [2.05, 4.69) is 4.74 Å². The van der Waals surface area contributed by atoms with Crippen LogP contribution in [0.25, 0.3) is 0 Å². The molecule has 0 spiro atoms. The number of carbonyl (C=O) groups excluding carboxylic acids is 1. The summed E-state index contributed by atoms with van der Waals surface area (Å²) in [7, 11) is 1.25. The van der Waals surface area contributed by atoms with Crippen LogP contribution in [0.5, 0.6) is 0 Å². The van der Waals surface area contributed by atoms with Gasteiger partial charge in [-0.15, -0.1) is 0 Å². The van der Waals surface area contributed by atoms with Crippen LogP contribution in [0, 0.1) is 21.4 Å². The predicted molar refractivity (Wildman–Crippen MR) is 62.9 cm³/mol. The number of nitro benzene ring substituents is 1. The van der Waals surface area contributed by atoms with Crippen LogP contribution in [-0.4, -0.2) is 18.0 Å². The Labute approximate surface area is 104 Å². The number of nitrogens with zero attached hydrogens (tertiary/aromatic N) is 2. The summed E-state index contributed by atoms with van der Waals surface area (Å²) in [6.45, 7) is 1.82. The molecule has 1 rings (SSSR count). The molecule has 18 heavy (non-hydrogen) atoms. The van der Waals surface area contributed by atoms with Crippen LogP contribution in [0.3, 0.4) is 0 Å². The van der Waals surface area contributed by atoms with Gasteiger partial charge in [-0.1, -0.05) is 6.92 Å². The molecule has 0 saturated carbocycles. The lowest BCUT2D eigenvalue weighted by atomic mass is 9.96. The molecule has 0 aliphatic heterocycles. The number of rotatable bonds is 4. The van der Waals surface area contributed by atoms with Crippen LogP contribution in [0.4, 0.5) is 5.69 Å². The fourth-order valence-electron chi connectivity index (χ4n) is 1.72. The van der Waals surface area contributed by atoms with Crippen LogP contribution < -0.4 is 0 Å². The number of nitriles is 1. The van der Waals surface area contributed by atoms with E-state index in [9.17, 15) is 14.9 Å². The van der Waals surface area contributed by atoms with Crippen molar-refractivity contribution in [3.8, 4) is 6.07 Å². The lowest BCUT2D eigenvalue weighted by Gasteiger charge is -2.08. The number of esters is 1. The lowest BCUT2D eigenvalue weighted by molar-refractivity contribution is -0.384. The zero-order valence-corrected chi connectivity index (χ0v) is 10.1. The number of nitro groups is 1. The molecule has 0 fully saturated rings.